The zero-order chi connectivity index (χ0) is 17.2. The van der Waals surface area contributed by atoms with Gasteiger partial charge in [0.25, 0.3) is 0 Å². The molecule has 1 heterocycles. The summed E-state index contributed by atoms with van der Waals surface area (Å²) in [4.78, 5) is 12.6. The van der Waals surface area contributed by atoms with Gasteiger partial charge < -0.3 is 5.32 Å². The Bertz CT molecular complexity index is 807. The third kappa shape index (κ3) is 3.65. The van der Waals surface area contributed by atoms with Crippen molar-refractivity contribution < 1.29 is 9.18 Å². The maximum absolute atomic E-state index is 13.6. The van der Waals surface area contributed by atoms with Crippen molar-refractivity contribution in [2.24, 2.45) is 5.92 Å². The van der Waals surface area contributed by atoms with E-state index in [1.54, 1.807) is 6.07 Å². The summed E-state index contributed by atoms with van der Waals surface area (Å²) >= 11 is 0. The lowest BCUT2D eigenvalue weighted by molar-refractivity contribution is -0.117. The number of hydrogen-bond donors (Lipinski definition) is 2. The number of carbonyl (C=O) groups excluding carboxylic acids is 1. The molecular weight excluding hydrogens is 317 g/mol. The highest BCUT2D eigenvalue weighted by Crippen LogP contribution is 2.45. The standard InChI is InChI=1S/C20H22FN3O/c21-16-8-4-7-15(12-16)19-20(18(23-24-19)14-9-10-14)22-17(25)11-13-5-2-1-3-6-13/h1-2,4,7-8,12-14H,3,5-6,9-11H2,(H,22,25)(H,23,24). The summed E-state index contributed by atoms with van der Waals surface area (Å²) in [5.74, 6) is 0.530. The monoisotopic (exact) mass is 339 g/mol. The lowest BCUT2D eigenvalue weighted by atomic mass is 9.91. The number of amides is 1. The Balaban J connectivity index is 1.57. The van der Waals surface area contributed by atoms with Crippen molar-refractivity contribution in [3.63, 3.8) is 0 Å². The number of aromatic nitrogens is 2. The molecule has 1 unspecified atom stereocenters. The van der Waals surface area contributed by atoms with Crippen LogP contribution in [0.5, 0.6) is 0 Å². The van der Waals surface area contributed by atoms with Crippen LogP contribution in [0.15, 0.2) is 36.4 Å². The predicted octanol–water partition coefficient (Wildman–Crippen LogP) is 4.78. The maximum Gasteiger partial charge on any atom is 0.224 e. The number of benzene rings is 1. The lowest BCUT2D eigenvalue weighted by Crippen LogP contribution is -2.18. The Labute approximate surface area is 146 Å². The van der Waals surface area contributed by atoms with Crippen LogP contribution in [0.1, 0.15) is 50.1 Å². The summed E-state index contributed by atoms with van der Waals surface area (Å²) in [5.41, 5.74) is 3.00. The molecule has 1 aromatic heterocycles. The summed E-state index contributed by atoms with van der Waals surface area (Å²) in [6.45, 7) is 0. The average molecular weight is 339 g/mol. The summed E-state index contributed by atoms with van der Waals surface area (Å²) in [6, 6.07) is 6.34. The van der Waals surface area contributed by atoms with E-state index >= 15 is 0 Å². The molecule has 5 heteroatoms. The van der Waals surface area contributed by atoms with Gasteiger partial charge in [0.1, 0.15) is 11.5 Å². The van der Waals surface area contributed by atoms with E-state index in [9.17, 15) is 9.18 Å². The topological polar surface area (TPSA) is 57.8 Å². The zero-order valence-corrected chi connectivity index (χ0v) is 14.1. The third-order valence-electron chi connectivity index (χ3n) is 4.99. The number of rotatable bonds is 5. The van der Waals surface area contributed by atoms with Gasteiger partial charge >= 0.3 is 0 Å². The summed E-state index contributed by atoms with van der Waals surface area (Å²) in [5, 5.41) is 10.5. The largest absolute Gasteiger partial charge is 0.323 e. The molecule has 130 valence electrons. The maximum atomic E-state index is 13.6. The molecule has 1 saturated carbocycles. The van der Waals surface area contributed by atoms with Gasteiger partial charge in [-0.2, -0.15) is 5.10 Å². The minimum atomic E-state index is -0.306. The van der Waals surface area contributed by atoms with Crippen LogP contribution in [0, 0.1) is 11.7 Å². The van der Waals surface area contributed by atoms with Crippen molar-refractivity contribution in [2.45, 2.75) is 44.4 Å². The average Bonchev–Trinajstić information content (AvgIpc) is 3.37. The molecule has 1 atom stereocenters. The first kappa shape index (κ1) is 16.1. The van der Waals surface area contributed by atoms with Crippen molar-refractivity contribution in [1.29, 1.82) is 0 Å². The Morgan fingerprint density at radius 3 is 2.88 bits per heavy atom. The second-order valence-electron chi connectivity index (χ2n) is 7.05. The summed E-state index contributed by atoms with van der Waals surface area (Å²) in [7, 11) is 0. The van der Waals surface area contributed by atoms with E-state index < -0.39 is 0 Å². The zero-order valence-electron chi connectivity index (χ0n) is 14.1. The first-order valence-electron chi connectivity index (χ1n) is 8.99. The van der Waals surface area contributed by atoms with Crippen molar-refractivity contribution in [1.82, 2.24) is 10.2 Å². The molecule has 25 heavy (non-hydrogen) atoms. The highest BCUT2D eigenvalue weighted by atomic mass is 19.1. The van der Waals surface area contributed by atoms with Gasteiger partial charge in [0.15, 0.2) is 0 Å². The Hall–Kier alpha value is -2.43. The van der Waals surface area contributed by atoms with E-state index in [-0.39, 0.29) is 11.7 Å². The predicted molar refractivity (Wildman–Crippen MR) is 95.7 cm³/mol. The molecule has 4 rings (SSSR count). The van der Waals surface area contributed by atoms with Crippen LogP contribution in [-0.4, -0.2) is 16.1 Å². The van der Waals surface area contributed by atoms with Gasteiger partial charge in [0, 0.05) is 17.9 Å². The number of H-pyrrole nitrogens is 1. The van der Waals surface area contributed by atoms with E-state index in [1.807, 2.05) is 6.07 Å². The highest BCUT2D eigenvalue weighted by Gasteiger charge is 2.31. The normalized spacial score (nSPS) is 19.8. The molecule has 2 aliphatic carbocycles. The summed E-state index contributed by atoms with van der Waals surface area (Å²) < 4.78 is 13.6. The van der Waals surface area contributed by atoms with Gasteiger partial charge in [0.2, 0.25) is 5.91 Å². The number of nitrogens with one attached hydrogen (secondary N) is 2. The summed E-state index contributed by atoms with van der Waals surface area (Å²) in [6.07, 6.45) is 10.1. The molecule has 0 bridgehead atoms. The fraction of sp³-hybridized carbons (Fsp3) is 0.400. The van der Waals surface area contributed by atoms with Crippen LogP contribution in [-0.2, 0) is 4.79 Å². The first-order valence-corrected chi connectivity index (χ1v) is 8.99. The molecule has 4 nitrogen and oxygen atoms in total. The highest BCUT2D eigenvalue weighted by molar-refractivity contribution is 5.96. The van der Waals surface area contributed by atoms with E-state index in [1.165, 1.54) is 12.1 Å². The third-order valence-corrected chi connectivity index (χ3v) is 4.99. The van der Waals surface area contributed by atoms with Crippen LogP contribution in [0.2, 0.25) is 0 Å². The van der Waals surface area contributed by atoms with Gasteiger partial charge in [0.05, 0.1) is 11.4 Å². The number of allylic oxidation sites excluding steroid dienone is 2. The molecule has 2 aromatic rings. The van der Waals surface area contributed by atoms with Crippen LogP contribution in [0.3, 0.4) is 0 Å². The van der Waals surface area contributed by atoms with Crippen molar-refractivity contribution >= 4 is 11.6 Å². The van der Waals surface area contributed by atoms with E-state index in [0.29, 0.717) is 29.5 Å². The van der Waals surface area contributed by atoms with Crippen LogP contribution >= 0.6 is 0 Å². The molecule has 2 N–H and O–H groups in total. The number of aromatic amines is 1. The minimum absolute atomic E-state index is 0.0150. The van der Waals surface area contributed by atoms with Crippen molar-refractivity contribution in [3.8, 4) is 11.3 Å². The van der Waals surface area contributed by atoms with Gasteiger partial charge in [-0.15, -0.1) is 0 Å². The number of anilines is 1. The molecule has 1 fully saturated rings. The molecule has 0 radical (unpaired) electrons. The first-order chi connectivity index (χ1) is 12.2. The second kappa shape index (κ2) is 6.82. The van der Waals surface area contributed by atoms with Crippen molar-refractivity contribution in [3.05, 3.63) is 47.9 Å². The molecule has 0 spiro atoms. The fourth-order valence-corrected chi connectivity index (χ4v) is 3.49. The quantitative estimate of drug-likeness (QED) is 0.770. The lowest BCUT2D eigenvalue weighted by Gasteiger charge is -2.17. The van der Waals surface area contributed by atoms with Crippen molar-refractivity contribution in [2.75, 3.05) is 5.32 Å². The number of carbonyl (C=O) groups is 1. The SMILES string of the molecule is O=C(CC1CC=CCC1)Nc1c(-c2cccc(F)c2)n[nH]c1C1CC1. The van der Waals surface area contributed by atoms with E-state index in [4.69, 9.17) is 0 Å². The number of halogens is 1. The van der Waals surface area contributed by atoms with Crippen LogP contribution in [0.4, 0.5) is 10.1 Å². The Morgan fingerprint density at radius 2 is 2.16 bits per heavy atom. The van der Waals surface area contributed by atoms with Crippen LogP contribution in [0.25, 0.3) is 11.3 Å². The van der Waals surface area contributed by atoms with E-state index in [2.05, 4.69) is 27.7 Å². The fourth-order valence-electron chi connectivity index (χ4n) is 3.49. The molecule has 2 aliphatic rings. The van der Waals surface area contributed by atoms with E-state index in [0.717, 1.165) is 43.5 Å². The molecule has 1 amide bonds. The minimum Gasteiger partial charge on any atom is -0.323 e. The van der Waals surface area contributed by atoms with Gasteiger partial charge in [-0.1, -0.05) is 24.3 Å². The second-order valence-corrected chi connectivity index (χ2v) is 7.05. The Kier molecular flexibility index (Phi) is 4.38. The van der Waals surface area contributed by atoms with Gasteiger partial charge in [-0.05, 0) is 50.2 Å². The van der Waals surface area contributed by atoms with Gasteiger partial charge in [-0.25, -0.2) is 4.39 Å². The molecular formula is C20H22FN3O. The molecule has 0 saturated heterocycles. The van der Waals surface area contributed by atoms with Crippen LogP contribution < -0.4 is 5.32 Å². The number of nitrogens with zero attached hydrogens (tertiary/aromatic N) is 1. The molecule has 1 aromatic carbocycles. The van der Waals surface area contributed by atoms with Gasteiger partial charge in [-0.3, -0.25) is 9.89 Å². The molecule has 0 aliphatic heterocycles. The Morgan fingerprint density at radius 1 is 1.28 bits per heavy atom. The smallest absolute Gasteiger partial charge is 0.224 e. The number of hydrogen-bond acceptors (Lipinski definition) is 2.